The summed E-state index contributed by atoms with van der Waals surface area (Å²) in [5, 5.41) is 13.0. The third kappa shape index (κ3) is 2.59. The second-order valence-electron chi connectivity index (χ2n) is 4.08. The number of nitrogens with zero attached hydrogens (tertiary/aromatic N) is 1. The van der Waals surface area contributed by atoms with Gasteiger partial charge in [-0.15, -0.1) is 0 Å². The Labute approximate surface area is 89.5 Å². The van der Waals surface area contributed by atoms with E-state index >= 15 is 0 Å². The molecule has 0 aliphatic heterocycles. The zero-order valence-electron chi connectivity index (χ0n) is 8.69. The van der Waals surface area contributed by atoms with E-state index in [1.807, 2.05) is 12.1 Å². The van der Waals surface area contributed by atoms with Gasteiger partial charge in [0.15, 0.2) is 0 Å². The SMILES string of the molecule is Nc1ccc(NC2CCCCC2O)nc1. The standard InChI is InChI=1S/C11H17N3O/c12-8-5-6-11(13-7-8)14-9-3-1-2-4-10(9)15/h5-7,9-10,15H,1-4,12H2,(H,13,14). The Bertz CT molecular complexity index is 312. The summed E-state index contributed by atoms with van der Waals surface area (Å²) in [4.78, 5) is 4.16. The largest absolute Gasteiger partial charge is 0.397 e. The van der Waals surface area contributed by atoms with Gasteiger partial charge in [-0.1, -0.05) is 12.8 Å². The van der Waals surface area contributed by atoms with Crippen molar-refractivity contribution in [2.45, 2.75) is 37.8 Å². The van der Waals surface area contributed by atoms with E-state index in [0.29, 0.717) is 5.69 Å². The van der Waals surface area contributed by atoms with Crippen LogP contribution in [-0.2, 0) is 0 Å². The normalized spacial score (nSPS) is 26.2. The predicted molar refractivity (Wildman–Crippen MR) is 60.5 cm³/mol. The Morgan fingerprint density at radius 2 is 2.13 bits per heavy atom. The van der Waals surface area contributed by atoms with Crippen molar-refractivity contribution in [1.82, 2.24) is 4.98 Å². The Morgan fingerprint density at radius 3 is 2.80 bits per heavy atom. The number of hydrogen-bond acceptors (Lipinski definition) is 4. The molecule has 0 bridgehead atoms. The van der Waals surface area contributed by atoms with Crippen molar-refractivity contribution in [3.05, 3.63) is 18.3 Å². The zero-order chi connectivity index (χ0) is 10.7. The van der Waals surface area contributed by atoms with Gasteiger partial charge < -0.3 is 16.2 Å². The molecule has 1 aliphatic rings. The van der Waals surface area contributed by atoms with Crippen LogP contribution in [-0.4, -0.2) is 22.2 Å². The van der Waals surface area contributed by atoms with Crippen molar-refractivity contribution < 1.29 is 5.11 Å². The molecule has 4 nitrogen and oxygen atoms in total. The molecule has 4 heteroatoms. The first kappa shape index (κ1) is 10.2. The maximum atomic E-state index is 9.77. The van der Waals surface area contributed by atoms with E-state index in [2.05, 4.69) is 10.3 Å². The lowest BCUT2D eigenvalue weighted by atomic mass is 9.92. The summed E-state index contributed by atoms with van der Waals surface area (Å²) in [7, 11) is 0. The van der Waals surface area contributed by atoms with Crippen LogP contribution in [0.1, 0.15) is 25.7 Å². The van der Waals surface area contributed by atoms with Crippen LogP contribution < -0.4 is 11.1 Å². The van der Waals surface area contributed by atoms with Gasteiger partial charge in [-0.2, -0.15) is 0 Å². The smallest absolute Gasteiger partial charge is 0.126 e. The summed E-state index contributed by atoms with van der Waals surface area (Å²) in [6, 6.07) is 3.79. The molecule has 4 N–H and O–H groups in total. The van der Waals surface area contributed by atoms with Crippen LogP contribution in [0, 0.1) is 0 Å². The van der Waals surface area contributed by atoms with E-state index in [9.17, 15) is 5.11 Å². The number of aliphatic hydroxyl groups is 1. The third-order valence-electron chi connectivity index (χ3n) is 2.85. The molecule has 1 heterocycles. The number of anilines is 2. The number of pyridine rings is 1. The topological polar surface area (TPSA) is 71.2 Å². The Balaban J connectivity index is 1.98. The van der Waals surface area contributed by atoms with Crippen molar-refractivity contribution >= 4 is 11.5 Å². The van der Waals surface area contributed by atoms with Crippen LogP contribution in [0.25, 0.3) is 0 Å². The molecule has 1 saturated carbocycles. The molecule has 15 heavy (non-hydrogen) atoms. The first-order valence-corrected chi connectivity index (χ1v) is 5.42. The average Bonchev–Trinajstić information content (AvgIpc) is 2.25. The van der Waals surface area contributed by atoms with Crippen molar-refractivity contribution in [3.8, 4) is 0 Å². The van der Waals surface area contributed by atoms with E-state index in [0.717, 1.165) is 25.1 Å². The van der Waals surface area contributed by atoms with Crippen molar-refractivity contribution in [2.75, 3.05) is 11.1 Å². The molecule has 2 atom stereocenters. The molecule has 1 aromatic heterocycles. The fourth-order valence-corrected chi connectivity index (χ4v) is 1.96. The number of nitrogen functional groups attached to an aromatic ring is 1. The monoisotopic (exact) mass is 207 g/mol. The minimum Gasteiger partial charge on any atom is -0.397 e. The second kappa shape index (κ2) is 4.49. The minimum absolute atomic E-state index is 0.134. The van der Waals surface area contributed by atoms with E-state index in [1.54, 1.807) is 6.20 Å². The summed E-state index contributed by atoms with van der Waals surface area (Å²) in [5.41, 5.74) is 6.20. The summed E-state index contributed by atoms with van der Waals surface area (Å²) >= 11 is 0. The summed E-state index contributed by atoms with van der Waals surface area (Å²) in [5.74, 6) is 0.787. The highest BCUT2D eigenvalue weighted by Crippen LogP contribution is 2.21. The van der Waals surface area contributed by atoms with Gasteiger partial charge >= 0.3 is 0 Å². The highest BCUT2D eigenvalue weighted by molar-refractivity contribution is 5.44. The van der Waals surface area contributed by atoms with Crippen LogP contribution in [0.5, 0.6) is 0 Å². The molecule has 1 aromatic rings. The van der Waals surface area contributed by atoms with Crippen molar-refractivity contribution in [2.24, 2.45) is 0 Å². The van der Waals surface area contributed by atoms with Crippen LogP contribution in [0.3, 0.4) is 0 Å². The molecule has 1 aliphatic carbocycles. The number of nitrogens with two attached hydrogens (primary N) is 1. The number of nitrogens with one attached hydrogen (secondary N) is 1. The predicted octanol–water partition coefficient (Wildman–Crippen LogP) is 1.38. The molecular formula is C11H17N3O. The zero-order valence-corrected chi connectivity index (χ0v) is 8.69. The quantitative estimate of drug-likeness (QED) is 0.685. The molecule has 0 aromatic carbocycles. The van der Waals surface area contributed by atoms with E-state index < -0.39 is 0 Å². The van der Waals surface area contributed by atoms with Crippen LogP contribution >= 0.6 is 0 Å². The lowest BCUT2D eigenvalue weighted by Crippen LogP contribution is -2.36. The van der Waals surface area contributed by atoms with Gasteiger partial charge in [-0.05, 0) is 25.0 Å². The lowest BCUT2D eigenvalue weighted by Gasteiger charge is -2.28. The van der Waals surface area contributed by atoms with Gasteiger partial charge in [0, 0.05) is 0 Å². The Morgan fingerprint density at radius 1 is 1.33 bits per heavy atom. The molecule has 1 fully saturated rings. The fraction of sp³-hybridized carbons (Fsp3) is 0.545. The number of hydrogen-bond donors (Lipinski definition) is 3. The first-order valence-electron chi connectivity index (χ1n) is 5.42. The minimum atomic E-state index is -0.252. The number of aliphatic hydroxyl groups excluding tert-OH is 1. The summed E-state index contributed by atoms with van der Waals surface area (Å²) < 4.78 is 0. The molecule has 2 unspecified atom stereocenters. The van der Waals surface area contributed by atoms with E-state index in [4.69, 9.17) is 5.73 Å². The number of rotatable bonds is 2. The summed E-state index contributed by atoms with van der Waals surface area (Å²) in [6.07, 6.45) is 5.55. The van der Waals surface area contributed by atoms with Gasteiger partial charge in [-0.25, -0.2) is 4.98 Å². The molecule has 2 rings (SSSR count). The average molecular weight is 207 g/mol. The molecular weight excluding hydrogens is 190 g/mol. The van der Waals surface area contributed by atoms with Gasteiger partial charge in [0.2, 0.25) is 0 Å². The van der Waals surface area contributed by atoms with Crippen molar-refractivity contribution in [3.63, 3.8) is 0 Å². The lowest BCUT2D eigenvalue weighted by molar-refractivity contribution is 0.116. The second-order valence-corrected chi connectivity index (χ2v) is 4.08. The maximum absolute atomic E-state index is 9.77. The van der Waals surface area contributed by atoms with Crippen molar-refractivity contribution in [1.29, 1.82) is 0 Å². The number of aromatic nitrogens is 1. The van der Waals surface area contributed by atoms with Gasteiger partial charge in [0.25, 0.3) is 0 Å². The van der Waals surface area contributed by atoms with Crippen LogP contribution in [0.2, 0.25) is 0 Å². The highest BCUT2D eigenvalue weighted by atomic mass is 16.3. The third-order valence-corrected chi connectivity index (χ3v) is 2.85. The van der Waals surface area contributed by atoms with E-state index in [-0.39, 0.29) is 12.1 Å². The first-order chi connectivity index (χ1) is 7.25. The maximum Gasteiger partial charge on any atom is 0.126 e. The highest BCUT2D eigenvalue weighted by Gasteiger charge is 2.22. The van der Waals surface area contributed by atoms with Gasteiger partial charge in [0.05, 0.1) is 24.0 Å². The van der Waals surface area contributed by atoms with Gasteiger partial charge in [0.1, 0.15) is 5.82 Å². The van der Waals surface area contributed by atoms with Gasteiger partial charge in [-0.3, -0.25) is 0 Å². The fourth-order valence-electron chi connectivity index (χ4n) is 1.96. The van der Waals surface area contributed by atoms with Crippen LogP contribution in [0.15, 0.2) is 18.3 Å². The molecule has 0 amide bonds. The van der Waals surface area contributed by atoms with Crippen LogP contribution in [0.4, 0.5) is 11.5 Å². The van der Waals surface area contributed by atoms with E-state index in [1.165, 1.54) is 6.42 Å². The summed E-state index contributed by atoms with van der Waals surface area (Å²) in [6.45, 7) is 0. The molecule has 0 saturated heterocycles. The molecule has 0 radical (unpaired) electrons. The molecule has 82 valence electrons. The Kier molecular flexibility index (Phi) is 3.06. The molecule has 0 spiro atoms. The Hall–Kier alpha value is -1.29.